The molecular weight excluding hydrogens is 347 g/mol. The van der Waals surface area contributed by atoms with E-state index in [9.17, 15) is 9.18 Å². The predicted molar refractivity (Wildman–Crippen MR) is 99.6 cm³/mol. The van der Waals surface area contributed by atoms with Gasteiger partial charge in [0.05, 0.1) is 29.1 Å². The minimum absolute atomic E-state index is 0.0937. The van der Waals surface area contributed by atoms with E-state index in [1.54, 1.807) is 41.2 Å². The number of furan rings is 1. The van der Waals surface area contributed by atoms with Crippen LogP contribution in [0.3, 0.4) is 0 Å². The first-order valence-electron chi connectivity index (χ1n) is 8.27. The fraction of sp³-hybridized carbons (Fsp3) is 0.0500. The van der Waals surface area contributed by atoms with Crippen molar-refractivity contribution in [3.05, 3.63) is 78.6 Å². The first-order chi connectivity index (χ1) is 13.2. The number of carbonyl (C=O) groups excluding carboxylic acids is 1. The van der Waals surface area contributed by atoms with Crippen molar-refractivity contribution in [1.29, 1.82) is 0 Å². The van der Waals surface area contributed by atoms with Crippen LogP contribution in [0, 0.1) is 5.82 Å². The molecular formula is C20H15FN4O2. The molecule has 0 saturated heterocycles. The Balaban J connectivity index is 1.39. The number of rotatable bonds is 5. The van der Waals surface area contributed by atoms with Crippen molar-refractivity contribution >= 4 is 23.2 Å². The number of para-hydroxylation sites is 2. The summed E-state index contributed by atoms with van der Waals surface area (Å²) in [6.45, 7) is 0.0937. The number of benzene rings is 2. The number of hydrogen-bond donors (Lipinski definition) is 1. The zero-order valence-electron chi connectivity index (χ0n) is 14.2. The fourth-order valence-electron chi connectivity index (χ4n) is 2.72. The third kappa shape index (κ3) is 3.62. The molecule has 0 aliphatic heterocycles. The van der Waals surface area contributed by atoms with Crippen LogP contribution in [-0.2, 0) is 11.3 Å². The average molecular weight is 362 g/mol. The molecule has 2 aromatic carbocycles. The summed E-state index contributed by atoms with van der Waals surface area (Å²) in [5.74, 6) is 0.138. The molecule has 0 bridgehead atoms. The quantitative estimate of drug-likeness (QED) is 0.436. The SMILES string of the molecule is O=C(Cn1cnc2ccccc21)N/N=C\c1ccc(-c2ccccc2F)o1. The number of halogens is 1. The summed E-state index contributed by atoms with van der Waals surface area (Å²) < 4.78 is 21.1. The minimum atomic E-state index is -0.365. The van der Waals surface area contributed by atoms with Gasteiger partial charge in [-0.3, -0.25) is 4.79 Å². The first-order valence-corrected chi connectivity index (χ1v) is 8.27. The van der Waals surface area contributed by atoms with E-state index in [4.69, 9.17) is 4.42 Å². The summed E-state index contributed by atoms with van der Waals surface area (Å²) in [6.07, 6.45) is 2.98. The highest BCUT2D eigenvalue weighted by molar-refractivity contribution is 5.82. The summed E-state index contributed by atoms with van der Waals surface area (Å²) in [7, 11) is 0. The monoisotopic (exact) mass is 362 g/mol. The number of fused-ring (bicyclic) bond motifs is 1. The summed E-state index contributed by atoms with van der Waals surface area (Å²) in [5.41, 5.74) is 4.51. The van der Waals surface area contributed by atoms with E-state index in [1.807, 2.05) is 24.3 Å². The van der Waals surface area contributed by atoms with Gasteiger partial charge >= 0.3 is 0 Å². The largest absolute Gasteiger partial charge is 0.455 e. The van der Waals surface area contributed by atoms with Crippen molar-refractivity contribution in [2.75, 3.05) is 0 Å². The van der Waals surface area contributed by atoms with Crippen molar-refractivity contribution in [3.8, 4) is 11.3 Å². The summed E-state index contributed by atoms with van der Waals surface area (Å²) in [6, 6.07) is 17.2. The zero-order valence-corrected chi connectivity index (χ0v) is 14.2. The smallest absolute Gasteiger partial charge is 0.260 e. The van der Waals surface area contributed by atoms with Crippen LogP contribution in [0.1, 0.15) is 5.76 Å². The molecule has 1 N–H and O–H groups in total. The van der Waals surface area contributed by atoms with Crippen molar-refractivity contribution in [2.24, 2.45) is 5.10 Å². The molecule has 0 atom stereocenters. The molecule has 1 amide bonds. The lowest BCUT2D eigenvalue weighted by molar-refractivity contribution is -0.121. The van der Waals surface area contributed by atoms with Crippen LogP contribution in [0.15, 0.2) is 76.5 Å². The molecule has 0 unspecified atom stereocenters. The molecule has 0 fully saturated rings. The molecule has 0 aliphatic carbocycles. The van der Waals surface area contributed by atoms with E-state index in [2.05, 4.69) is 15.5 Å². The third-order valence-corrected chi connectivity index (χ3v) is 3.99. The first kappa shape index (κ1) is 16.7. The highest BCUT2D eigenvalue weighted by atomic mass is 19.1. The van der Waals surface area contributed by atoms with Crippen molar-refractivity contribution in [2.45, 2.75) is 6.54 Å². The van der Waals surface area contributed by atoms with E-state index < -0.39 is 0 Å². The Morgan fingerprint density at radius 2 is 1.96 bits per heavy atom. The number of hydrazone groups is 1. The molecule has 7 heteroatoms. The normalized spacial score (nSPS) is 11.3. The van der Waals surface area contributed by atoms with Crippen molar-refractivity contribution in [1.82, 2.24) is 15.0 Å². The highest BCUT2D eigenvalue weighted by Gasteiger charge is 2.09. The lowest BCUT2D eigenvalue weighted by atomic mass is 10.1. The molecule has 0 radical (unpaired) electrons. The molecule has 0 spiro atoms. The Kier molecular flexibility index (Phi) is 4.49. The number of aromatic nitrogens is 2. The van der Waals surface area contributed by atoms with E-state index in [1.165, 1.54) is 12.3 Å². The minimum Gasteiger partial charge on any atom is -0.455 e. The number of nitrogens with one attached hydrogen (secondary N) is 1. The Morgan fingerprint density at radius 3 is 2.85 bits per heavy atom. The van der Waals surface area contributed by atoms with Gasteiger partial charge in [0.25, 0.3) is 5.91 Å². The number of imidazole rings is 1. The van der Waals surface area contributed by atoms with Gasteiger partial charge in [-0.1, -0.05) is 24.3 Å². The molecule has 2 heterocycles. The second kappa shape index (κ2) is 7.25. The van der Waals surface area contributed by atoms with Crippen LogP contribution in [-0.4, -0.2) is 21.7 Å². The maximum absolute atomic E-state index is 13.8. The molecule has 134 valence electrons. The molecule has 27 heavy (non-hydrogen) atoms. The molecule has 4 rings (SSSR count). The molecule has 0 aliphatic rings. The van der Waals surface area contributed by atoms with Gasteiger partial charge in [-0.25, -0.2) is 14.8 Å². The Bertz CT molecular complexity index is 1130. The summed E-state index contributed by atoms with van der Waals surface area (Å²) in [4.78, 5) is 16.3. The van der Waals surface area contributed by atoms with Crippen LogP contribution in [0.4, 0.5) is 4.39 Å². The van der Waals surface area contributed by atoms with Gasteiger partial charge < -0.3 is 8.98 Å². The predicted octanol–water partition coefficient (Wildman–Crippen LogP) is 3.59. The van der Waals surface area contributed by atoms with Gasteiger partial charge in [0.1, 0.15) is 23.9 Å². The van der Waals surface area contributed by atoms with Gasteiger partial charge in [-0.05, 0) is 36.4 Å². The van der Waals surface area contributed by atoms with Crippen LogP contribution in [0.25, 0.3) is 22.4 Å². The van der Waals surface area contributed by atoms with E-state index in [0.29, 0.717) is 17.1 Å². The topological polar surface area (TPSA) is 72.4 Å². The van der Waals surface area contributed by atoms with Gasteiger partial charge in [-0.15, -0.1) is 0 Å². The van der Waals surface area contributed by atoms with Crippen LogP contribution < -0.4 is 5.43 Å². The molecule has 2 aromatic heterocycles. The Hall–Kier alpha value is -3.74. The lowest BCUT2D eigenvalue weighted by Gasteiger charge is -2.02. The zero-order chi connectivity index (χ0) is 18.6. The van der Waals surface area contributed by atoms with Gasteiger partial charge in [0, 0.05) is 0 Å². The standard InChI is InChI=1S/C20H15FN4O2/c21-16-6-2-1-5-15(16)19-10-9-14(27-19)11-23-24-20(26)12-25-13-22-17-7-3-4-8-18(17)25/h1-11,13H,12H2,(H,24,26)/b23-11-. The Morgan fingerprint density at radius 1 is 1.15 bits per heavy atom. The second-order valence-electron chi connectivity index (χ2n) is 5.84. The maximum Gasteiger partial charge on any atom is 0.260 e. The summed E-state index contributed by atoms with van der Waals surface area (Å²) >= 11 is 0. The highest BCUT2D eigenvalue weighted by Crippen LogP contribution is 2.24. The average Bonchev–Trinajstić information content (AvgIpc) is 3.30. The fourth-order valence-corrected chi connectivity index (χ4v) is 2.72. The molecule has 0 saturated carbocycles. The van der Waals surface area contributed by atoms with Gasteiger partial charge in [0.15, 0.2) is 0 Å². The van der Waals surface area contributed by atoms with Crippen LogP contribution in [0.2, 0.25) is 0 Å². The number of nitrogens with zero attached hydrogens (tertiary/aromatic N) is 3. The van der Waals surface area contributed by atoms with Crippen molar-refractivity contribution in [3.63, 3.8) is 0 Å². The third-order valence-electron chi connectivity index (χ3n) is 3.99. The van der Waals surface area contributed by atoms with Crippen LogP contribution >= 0.6 is 0 Å². The number of hydrogen-bond acceptors (Lipinski definition) is 4. The van der Waals surface area contributed by atoms with Crippen LogP contribution in [0.5, 0.6) is 0 Å². The molecule has 6 nitrogen and oxygen atoms in total. The second-order valence-corrected chi connectivity index (χ2v) is 5.84. The van der Waals surface area contributed by atoms with E-state index in [0.717, 1.165) is 11.0 Å². The number of amides is 1. The maximum atomic E-state index is 13.8. The number of carbonyl (C=O) groups is 1. The van der Waals surface area contributed by atoms with Crippen molar-refractivity contribution < 1.29 is 13.6 Å². The van der Waals surface area contributed by atoms with Gasteiger partial charge in [-0.2, -0.15) is 5.10 Å². The summed E-state index contributed by atoms with van der Waals surface area (Å²) in [5, 5.41) is 3.89. The lowest BCUT2D eigenvalue weighted by Crippen LogP contribution is -2.22. The Labute approximate surface area is 153 Å². The van der Waals surface area contributed by atoms with E-state index in [-0.39, 0.29) is 18.3 Å². The van der Waals surface area contributed by atoms with E-state index >= 15 is 0 Å². The molecule has 4 aromatic rings. The van der Waals surface area contributed by atoms with Gasteiger partial charge in [0.2, 0.25) is 0 Å².